The van der Waals surface area contributed by atoms with Crippen LogP contribution in [-0.2, 0) is 5.60 Å². The maximum absolute atomic E-state index is 12.4. The van der Waals surface area contributed by atoms with Crippen molar-refractivity contribution >= 4 is 26.7 Å². The van der Waals surface area contributed by atoms with E-state index in [9.17, 15) is 5.11 Å². The van der Waals surface area contributed by atoms with Gasteiger partial charge in [-0.3, -0.25) is 0 Å². The van der Waals surface area contributed by atoms with Crippen molar-refractivity contribution in [1.29, 1.82) is 0 Å². The summed E-state index contributed by atoms with van der Waals surface area (Å²) >= 11 is 3.72. The Bertz CT molecular complexity index is 1470. The predicted octanol–water partition coefficient (Wildman–Crippen LogP) is 7.53. The van der Waals surface area contributed by atoms with E-state index in [4.69, 9.17) is 0 Å². The molecule has 0 radical (unpaired) electrons. The van der Waals surface area contributed by atoms with Crippen LogP contribution in [0.5, 0.6) is 0 Å². The van der Waals surface area contributed by atoms with E-state index in [0.717, 1.165) is 43.4 Å². The molecule has 1 atom stereocenters. The number of benzene rings is 5. The monoisotopic (exact) mass is 462 g/mol. The molecule has 0 heterocycles. The van der Waals surface area contributed by atoms with E-state index in [-0.39, 0.29) is 0 Å². The van der Waals surface area contributed by atoms with E-state index in [1.165, 1.54) is 10.8 Å². The zero-order valence-electron chi connectivity index (χ0n) is 16.7. The zero-order chi connectivity index (χ0) is 21.0. The molecule has 2 heteroatoms. The molecule has 5 aromatic rings. The van der Waals surface area contributed by atoms with Crippen molar-refractivity contribution in [3.63, 3.8) is 0 Å². The van der Waals surface area contributed by atoms with Gasteiger partial charge in [0.1, 0.15) is 5.60 Å². The van der Waals surface area contributed by atoms with Crippen LogP contribution >= 0.6 is 15.9 Å². The summed E-state index contributed by atoms with van der Waals surface area (Å²) in [7, 11) is 0. The molecule has 1 N–H and O–H groups in total. The van der Waals surface area contributed by atoms with Gasteiger partial charge in [-0.25, -0.2) is 0 Å². The molecule has 0 saturated heterocycles. The lowest BCUT2D eigenvalue weighted by Gasteiger charge is -2.29. The van der Waals surface area contributed by atoms with Gasteiger partial charge in [-0.15, -0.1) is 0 Å². The maximum Gasteiger partial charge on any atom is 0.142 e. The van der Waals surface area contributed by atoms with Crippen molar-refractivity contribution in [3.05, 3.63) is 130 Å². The fourth-order valence-electron chi connectivity index (χ4n) is 4.96. The second-order valence-electron chi connectivity index (χ2n) is 8.03. The van der Waals surface area contributed by atoms with Gasteiger partial charge in [0, 0.05) is 26.7 Å². The molecule has 0 saturated carbocycles. The van der Waals surface area contributed by atoms with Crippen molar-refractivity contribution < 1.29 is 5.11 Å². The molecular weight excluding hydrogens is 444 g/mol. The van der Waals surface area contributed by atoms with Gasteiger partial charge in [0.2, 0.25) is 0 Å². The van der Waals surface area contributed by atoms with Crippen LogP contribution in [0.3, 0.4) is 0 Å². The van der Waals surface area contributed by atoms with Gasteiger partial charge >= 0.3 is 0 Å². The van der Waals surface area contributed by atoms with Gasteiger partial charge < -0.3 is 5.11 Å². The quantitative estimate of drug-likeness (QED) is 0.287. The molecule has 0 amide bonds. The Balaban J connectivity index is 1.65. The second kappa shape index (κ2) is 6.91. The zero-order valence-corrected chi connectivity index (χ0v) is 18.3. The SMILES string of the molecule is OC1(c2ccccc2-c2ccc3ccccc3c2)c2ccccc2-c2c(Br)cccc21. The largest absolute Gasteiger partial charge is 0.376 e. The van der Waals surface area contributed by atoms with Gasteiger partial charge in [-0.05, 0) is 39.6 Å². The number of fused-ring (bicyclic) bond motifs is 4. The van der Waals surface area contributed by atoms with Crippen molar-refractivity contribution in [2.24, 2.45) is 0 Å². The standard InChI is InChI=1S/C29H19BrO/c30-27-15-7-14-26-28(27)23-11-4-6-13-25(23)29(26,31)24-12-5-3-10-22(24)21-17-16-19-8-1-2-9-20(19)18-21/h1-18,31H. The summed E-state index contributed by atoms with van der Waals surface area (Å²) < 4.78 is 0.997. The number of hydrogen-bond donors (Lipinski definition) is 1. The van der Waals surface area contributed by atoms with Gasteiger partial charge in [-0.1, -0.05) is 113 Å². The minimum absolute atomic E-state index is 0.898. The van der Waals surface area contributed by atoms with E-state index in [1.54, 1.807) is 0 Å². The van der Waals surface area contributed by atoms with Crippen LogP contribution < -0.4 is 0 Å². The summed E-state index contributed by atoms with van der Waals surface area (Å²) in [5.74, 6) is 0. The highest BCUT2D eigenvalue weighted by molar-refractivity contribution is 9.10. The number of halogens is 1. The van der Waals surface area contributed by atoms with Crippen LogP contribution in [0.25, 0.3) is 33.0 Å². The third-order valence-electron chi connectivity index (χ3n) is 6.37. The topological polar surface area (TPSA) is 20.2 Å². The number of hydrogen-bond acceptors (Lipinski definition) is 1. The van der Waals surface area contributed by atoms with E-state index in [1.807, 2.05) is 48.5 Å². The summed E-state index contributed by atoms with van der Waals surface area (Å²) in [4.78, 5) is 0. The molecule has 6 rings (SSSR count). The molecule has 5 aromatic carbocycles. The van der Waals surface area contributed by atoms with Gasteiger partial charge in [-0.2, -0.15) is 0 Å². The first-order valence-electron chi connectivity index (χ1n) is 10.4. The average Bonchev–Trinajstić information content (AvgIpc) is 3.09. The third-order valence-corrected chi connectivity index (χ3v) is 7.03. The summed E-state index contributed by atoms with van der Waals surface area (Å²) in [5.41, 5.74) is 5.78. The Labute approximate surface area is 189 Å². The lowest BCUT2D eigenvalue weighted by molar-refractivity contribution is 0.131. The molecule has 0 bridgehead atoms. The Morgan fingerprint density at radius 2 is 1.16 bits per heavy atom. The molecule has 0 aromatic heterocycles. The third kappa shape index (κ3) is 2.65. The highest BCUT2D eigenvalue weighted by atomic mass is 79.9. The highest BCUT2D eigenvalue weighted by Gasteiger charge is 2.44. The van der Waals surface area contributed by atoms with Crippen LogP contribution in [0.4, 0.5) is 0 Å². The molecule has 31 heavy (non-hydrogen) atoms. The first kappa shape index (κ1) is 18.6. The number of rotatable bonds is 2. The van der Waals surface area contributed by atoms with Crippen molar-refractivity contribution in [2.75, 3.05) is 0 Å². The second-order valence-corrected chi connectivity index (χ2v) is 8.88. The van der Waals surface area contributed by atoms with Crippen molar-refractivity contribution in [1.82, 2.24) is 0 Å². The predicted molar refractivity (Wildman–Crippen MR) is 131 cm³/mol. The first-order valence-corrected chi connectivity index (χ1v) is 11.2. The van der Waals surface area contributed by atoms with E-state index >= 15 is 0 Å². The molecule has 1 aliphatic carbocycles. The van der Waals surface area contributed by atoms with E-state index in [0.29, 0.717) is 0 Å². The normalized spacial score (nSPS) is 16.8. The fraction of sp³-hybridized carbons (Fsp3) is 0.0345. The van der Waals surface area contributed by atoms with Gasteiger partial charge in [0.15, 0.2) is 0 Å². The van der Waals surface area contributed by atoms with Gasteiger partial charge in [0.05, 0.1) is 0 Å². The molecule has 148 valence electrons. The Hall–Kier alpha value is -3.20. The molecule has 0 spiro atoms. The Kier molecular flexibility index (Phi) is 4.14. The van der Waals surface area contributed by atoms with E-state index in [2.05, 4.69) is 76.6 Å². The summed E-state index contributed by atoms with van der Waals surface area (Å²) in [6.45, 7) is 0. The van der Waals surface area contributed by atoms with Crippen LogP contribution in [0.15, 0.2) is 114 Å². The highest BCUT2D eigenvalue weighted by Crippen LogP contribution is 2.54. The molecule has 0 fully saturated rings. The van der Waals surface area contributed by atoms with Crippen molar-refractivity contribution in [3.8, 4) is 22.3 Å². The van der Waals surface area contributed by atoms with Crippen molar-refractivity contribution in [2.45, 2.75) is 5.60 Å². The molecule has 1 aliphatic rings. The molecular formula is C29H19BrO. The summed E-state index contributed by atoms with van der Waals surface area (Å²) in [6.07, 6.45) is 0. The smallest absolute Gasteiger partial charge is 0.142 e. The van der Waals surface area contributed by atoms with Crippen LogP contribution in [0.1, 0.15) is 16.7 Å². The minimum atomic E-state index is -1.22. The Morgan fingerprint density at radius 1 is 0.548 bits per heavy atom. The number of aliphatic hydroxyl groups is 1. The summed E-state index contributed by atoms with van der Waals surface area (Å²) in [6, 6.07) is 37.3. The average molecular weight is 463 g/mol. The summed E-state index contributed by atoms with van der Waals surface area (Å²) in [5, 5.41) is 14.8. The van der Waals surface area contributed by atoms with Crippen LogP contribution in [-0.4, -0.2) is 5.11 Å². The van der Waals surface area contributed by atoms with Crippen LogP contribution in [0, 0.1) is 0 Å². The molecule has 1 nitrogen and oxygen atoms in total. The fourth-order valence-corrected chi connectivity index (χ4v) is 5.54. The van der Waals surface area contributed by atoms with E-state index < -0.39 is 5.60 Å². The molecule has 0 aliphatic heterocycles. The lowest BCUT2D eigenvalue weighted by Crippen LogP contribution is -2.27. The first-order chi connectivity index (χ1) is 15.2. The minimum Gasteiger partial charge on any atom is -0.376 e. The Morgan fingerprint density at radius 3 is 1.97 bits per heavy atom. The van der Waals surface area contributed by atoms with Gasteiger partial charge in [0.25, 0.3) is 0 Å². The maximum atomic E-state index is 12.4. The lowest BCUT2D eigenvalue weighted by atomic mass is 9.80. The molecule has 1 unspecified atom stereocenters. The van der Waals surface area contributed by atoms with Crippen LogP contribution in [0.2, 0.25) is 0 Å².